The summed E-state index contributed by atoms with van der Waals surface area (Å²) in [4.78, 5) is 30.6. The maximum absolute atomic E-state index is 13.2. The second-order valence-electron chi connectivity index (χ2n) is 7.57. The molecule has 2 aromatic heterocycles. The van der Waals surface area contributed by atoms with Crippen LogP contribution in [-0.4, -0.2) is 42.7 Å². The van der Waals surface area contributed by atoms with Gasteiger partial charge in [0.1, 0.15) is 22.4 Å². The lowest BCUT2D eigenvalue weighted by molar-refractivity contribution is 0.102. The number of fused-ring (bicyclic) bond motifs is 2. The van der Waals surface area contributed by atoms with Crippen LogP contribution in [0.4, 0.5) is 5.69 Å². The van der Waals surface area contributed by atoms with Gasteiger partial charge in [0.05, 0.1) is 17.5 Å². The van der Waals surface area contributed by atoms with Crippen LogP contribution in [0.2, 0.25) is 0 Å². The summed E-state index contributed by atoms with van der Waals surface area (Å²) in [5.74, 6) is 2.43. The summed E-state index contributed by atoms with van der Waals surface area (Å²) in [6.07, 6.45) is 12.1. The molecule has 10 heteroatoms. The molecule has 0 spiro atoms. The third kappa shape index (κ3) is 2.90. The average Bonchev–Trinajstić information content (AvgIpc) is 3.38. The van der Waals surface area contributed by atoms with Gasteiger partial charge in [0.25, 0.3) is 5.91 Å². The highest BCUT2D eigenvalue weighted by atomic mass is 16.6. The Morgan fingerprint density at radius 2 is 2.09 bits per heavy atom. The van der Waals surface area contributed by atoms with Crippen LogP contribution in [0.1, 0.15) is 34.8 Å². The molecule has 1 saturated carbocycles. The highest BCUT2D eigenvalue weighted by molar-refractivity contribution is 6.20. The van der Waals surface area contributed by atoms with E-state index >= 15 is 0 Å². The number of amidine groups is 1. The fourth-order valence-electron chi connectivity index (χ4n) is 3.85. The Bertz CT molecular complexity index is 1440. The number of benzene rings is 1. The maximum Gasteiger partial charge on any atom is 0.259 e. The Hall–Kier alpha value is -4.56. The van der Waals surface area contributed by atoms with E-state index in [0.29, 0.717) is 39.5 Å². The van der Waals surface area contributed by atoms with Gasteiger partial charge < -0.3 is 5.32 Å². The summed E-state index contributed by atoms with van der Waals surface area (Å²) in [5, 5.41) is 15.0. The topological polar surface area (TPSA) is 119 Å². The number of aliphatic imine (C=N–C) groups is 1. The molecule has 10 nitrogen and oxygen atoms in total. The molecular formula is C22H15N7O3. The monoisotopic (exact) mass is 425 g/mol. The van der Waals surface area contributed by atoms with E-state index in [0.717, 1.165) is 18.5 Å². The number of hydrogen-bond donors (Lipinski definition) is 1. The van der Waals surface area contributed by atoms with Gasteiger partial charge in [-0.05, 0) is 59.6 Å². The summed E-state index contributed by atoms with van der Waals surface area (Å²) in [6, 6.07) is 5.18. The molecular weight excluding hydrogens is 410 g/mol. The Labute approximate surface area is 180 Å². The average molecular weight is 425 g/mol. The van der Waals surface area contributed by atoms with Crippen molar-refractivity contribution in [2.45, 2.75) is 18.8 Å². The third-order valence-electron chi connectivity index (χ3n) is 5.49. The molecule has 4 heterocycles. The van der Waals surface area contributed by atoms with E-state index < -0.39 is 0 Å². The standard InChI is InChI=1S/C22H15N7O3/c30-12-15-7-8-23-21-19(2-1-9-28(15)21)29-20(13-3-4-13)16(11-24-29)22(31)25-14-5-6-17-18(10-14)27-32-26-17/h1-2,5-11,13H,3-4H2,(H,25,31). The summed E-state index contributed by atoms with van der Waals surface area (Å²) in [6.45, 7) is 0. The summed E-state index contributed by atoms with van der Waals surface area (Å²) in [7, 11) is 0. The van der Waals surface area contributed by atoms with E-state index in [4.69, 9.17) is 4.63 Å². The van der Waals surface area contributed by atoms with Crippen molar-refractivity contribution in [3.63, 3.8) is 0 Å². The minimum Gasteiger partial charge on any atom is -0.322 e. The number of nitrogens with zero attached hydrogens (tertiary/aromatic N) is 6. The van der Waals surface area contributed by atoms with Crippen molar-refractivity contribution >= 4 is 40.1 Å². The zero-order chi connectivity index (χ0) is 21.7. The van der Waals surface area contributed by atoms with Crippen molar-refractivity contribution in [3.8, 4) is 0 Å². The van der Waals surface area contributed by atoms with Gasteiger partial charge in [-0.1, -0.05) is 0 Å². The van der Waals surface area contributed by atoms with Crippen molar-refractivity contribution < 1.29 is 14.2 Å². The van der Waals surface area contributed by atoms with Gasteiger partial charge in [0.2, 0.25) is 0 Å². The summed E-state index contributed by atoms with van der Waals surface area (Å²) in [5.41, 5.74) is 4.10. The van der Waals surface area contributed by atoms with E-state index in [1.165, 1.54) is 0 Å². The SMILES string of the molecule is O=C=C1C=CN=C2C(n3ncc(C(=O)Nc4ccc5nonc5c4)c3C3CC3)=CC=CN12. The highest BCUT2D eigenvalue weighted by Gasteiger charge is 2.35. The normalized spacial score (nSPS) is 17.1. The van der Waals surface area contributed by atoms with Crippen LogP contribution < -0.4 is 5.32 Å². The third-order valence-corrected chi connectivity index (χ3v) is 5.49. The van der Waals surface area contributed by atoms with Crippen molar-refractivity contribution in [2.75, 3.05) is 5.32 Å². The highest BCUT2D eigenvalue weighted by Crippen LogP contribution is 2.43. The molecule has 6 rings (SSSR count). The molecule has 0 bridgehead atoms. The van der Waals surface area contributed by atoms with Crippen molar-refractivity contribution in [2.24, 2.45) is 4.99 Å². The molecule has 1 N–H and O–H groups in total. The van der Waals surface area contributed by atoms with Crippen LogP contribution in [0.5, 0.6) is 0 Å². The Balaban J connectivity index is 1.37. The smallest absolute Gasteiger partial charge is 0.259 e. The molecule has 1 amide bonds. The molecule has 1 aliphatic carbocycles. The van der Waals surface area contributed by atoms with Crippen molar-refractivity contribution in [1.29, 1.82) is 0 Å². The fourth-order valence-corrected chi connectivity index (χ4v) is 3.85. The number of carbonyl (C=O) groups excluding carboxylic acids is 2. The first-order chi connectivity index (χ1) is 15.7. The lowest BCUT2D eigenvalue weighted by atomic mass is 10.1. The molecule has 1 aromatic carbocycles. The molecule has 0 saturated heterocycles. The Morgan fingerprint density at radius 1 is 1.22 bits per heavy atom. The summed E-state index contributed by atoms with van der Waals surface area (Å²) >= 11 is 0. The molecule has 1 fully saturated rings. The van der Waals surface area contributed by atoms with E-state index in [1.54, 1.807) is 52.5 Å². The van der Waals surface area contributed by atoms with Crippen LogP contribution in [0.3, 0.4) is 0 Å². The number of aromatic nitrogens is 4. The van der Waals surface area contributed by atoms with Gasteiger partial charge in [-0.25, -0.2) is 19.1 Å². The van der Waals surface area contributed by atoms with E-state index in [2.05, 4.69) is 25.7 Å². The van der Waals surface area contributed by atoms with Gasteiger partial charge >= 0.3 is 0 Å². The first kappa shape index (κ1) is 18.2. The van der Waals surface area contributed by atoms with Gasteiger partial charge in [0, 0.05) is 24.0 Å². The second kappa shape index (κ2) is 7.00. The molecule has 156 valence electrons. The molecule has 0 atom stereocenters. The summed E-state index contributed by atoms with van der Waals surface area (Å²) < 4.78 is 6.46. The predicted octanol–water partition coefficient (Wildman–Crippen LogP) is 2.86. The molecule has 32 heavy (non-hydrogen) atoms. The largest absolute Gasteiger partial charge is 0.322 e. The van der Waals surface area contributed by atoms with Crippen LogP contribution in [0, 0.1) is 0 Å². The minimum absolute atomic E-state index is 0.224. The molecule has 0 radical (unpaired) electrons. The molecule has 0 unspecified atom stereocenters. The van der Waals surface area contributed by atoms with Crippen molar-refractivity contribution in [1.82, 2.24) is 25.0 Å². The minimum atomic E-state index is -0.267. The number of allylic oxidation sites excluding steroid dienone is 3. The first-order valence-electron chi connectivity index (χ1n) is 10.0. The zero-order valence-electron chi connectivity index (χ0n) is 16.6. The molecule has 2 aliphatic heterocycles. The number of nitrogens with one attached hydrogen (secondary N) is 1. The van der Waals surface area contributed by atoms with E-state index in [9.17, 15) is 9.59 Å². The predicted molar refractivity (Wildman–Crippen MR) is 115 cm³/mol. The van der Waals surface area contributed by atoms with Crippen LogP contribution in [0.15, 0.2) is 70.3 Å². The van der Waals surface area contributed by atoms with Gasteiger partial charge in [-0.15, -0.1) is 0 Å². The number of anilines is 1. The van der Waals surface area contributed by atoms with E-state index in [-0.39, 0.29) is 11.8 Å². The van der Waals surface area contributed by atoms with Crippen LogP contribution in [0.25, 0.3) is 16.7 Å². The van der Waals surface area contributed by atoms with E-state index in [1.807, 2.05) is 18.1 Å². The molecule has 3 aromatic rings. The van der Waals surface area contributed by atoms with Gasteiger partial charge in [-0.2, -0.15) is 5.10 Å². The first-order valence-corrected chi connectivity index (χ1v) is 10.0. The van der Waals surface area contributed by atoms with Crippen molar-refractivity contribution in [3.05, 3.63) is 72.0 Å². The zero-order valence-corrected chi connectivity index (χ0v) is 16.6. The Morgan fingerprint density at radius 3 is 2.94 bits per heavy atom. The lowest BCUT2D eigenvalue weighted by Crippen LogP contribution is -2.32. The second-order valence-corrected chi connectivity index (χ2v) is 7.57. The number of carbonyl (C=O) groups is 1. The van der Waals surface area contributed by atoms with Gasteiger partial charge in [0.15, 0.2) is 11.8 Å². The number of hydrogen-bond acceptors (Lipinski definition) is 8. The molecule has 3 aliphatic rings. The quantitative estimate of drug-likeness (QED) is 0.639. The lowest BCUT2D eigenvalue weighted by Gasteiger charge is -2.27. The van der Waals surface area contributed by atoms with Gasteiger partial charge in [-0.3, -0.25) is 9.69 Å². The maximum atomic E-state index is 13.2. The number of amides is 1. The fraction of sp³-hybridized carbons (Fsp3) is 0.136. The Kier molecular flexibility index (Phi) is 3.99. The van der Waals surface area contributed by atoms with Crippen LogP contribution >= 0.6 is 0 Å². The van der Waals surface area contributed by atoms with Crippen LogP contribution in [-0.2, 0) is 4.79 Å². The number of rotatable bonds is 4.